The number of hydrogen-bond donors (Lipinski definition) is 2. The van der Waals surface area contributed by atoms with Crippen LogP contribution in [0.25, 0.3) is 0 Å². The molecule has 2 saturated heterocycles. The number of ether oxygens (including phenoxy) is 1. The van der Waals surface area contributed by atoms with E-state index in [-0.39, 0.29) is 23.9 Å². The Kier molecular flexibility index (Phi) is 4.22. The maximum Gasteiger partial charge on any atom is 0.241 e. The van der Waals surface area contributed by atoms with E-state index >= 15 is 0 Å². The van der Waals surface area contributed by atoms with Gasteiger partial charge in [0.15, 0.2) is 0 Å². The molecule has 6 heteroatoms. The summed E-state index contributed by atoms with van der Waals surface area (Å²) in [6, 6.07) is 18.3. The quantitative estimate of drug-likeness (QED) is 0.847. The molecule has 2 N–H and O–H groups in total. The number of piperazine rings is 1. The lowest BCUT2D eigenvalue weighted by Crippen LogP contribution is -2.55. The molecule has 0 bridgehead atoms. The third-order valence-corrected chi connectivity index (χ3v) is 5.91. The van der Waals surface area contributed by atoms with Gasteiger partial charge in [-0.05, 0) is 18.2 Å². The fourth-order valence-electron chi connectivity index (χ4n) is 4.41. The number of carbonyl (C=O) groups is 1. The average molecular weight is 364 g/mol. The summed E-state index contributed by atoms with van der Waals surface area (Å²) in [4.78, 5) is 17.5. The number of nitrogens with one attached hydrogen (secondary N) is 2. The molecule has 0 aliphatic carbocycles. The molecule has 3 heterocycles. The van der Waals surface area contributed by atoms with E-state index in [9.17, 15) is 4.79 Å². The van der Waals surface area contributed by atoms with Gasteiger partial charge in [0.2, 0.25) is 5.91 Å². The summed E-state index contributed by atoms with van der Waals surface area (Å²) in [5, 5.41) is 0. The molecule has 0 aromatic heterocycles. The first-order chi connectivity index (χ1) is 13.3. The summed E-state index contributed by atoms with van der Waals surface area (Å²) in [6.45, 7) is 3.79. The van der Waals surface area contributed by atoms with Gasteiger partial charge in [0.05, 0.1) is 12.6 Å². The molecular weight excluding hydrogens is 340 g/mol. The molecule has 3 aliphatic heterocycles. The number of fused-ring (bicyclic) bond motifs is 3. The Morgan fingerprint density at radius 1 is 0.926 bits per heavy atom. The van der Waals surface area contributed by atoms with Crippen LogP contribution in [0.4, 0.5) is 5.69 Å². The number of hydrazine groups is 1. The fraction of sp³-hybridized carbons (Fsp3) is 0.381. The fourth-order valence-corrected chi connectivity index (χ4v) is 4.41. The minimum Gasteiger partial charge on any atom is -0.493 e. The molecule has 27 heavy (non-hydrogen) atoms. The van der Waals surface area contributed by atoms with Gasteiger partial charge in [-0.15, -0.1) is 0 Å². The van der Waals surface area contributed by atoms with Gasteiger partial charge in [-0.1, -0.05) is 36.4 Å². The second kappa shape index (κ2) is 6.87. The lowest BCUT2D eigenvalue weighted by molar-refractivity contribution is -0.134. The van der Waals surface area contributed by atoms with E-state index in [1.165, 1.54) is 5.69 Å². The monoisotopic (exact) mass is 364 g/mol. The molecule has 0 saturated carbocycles. The van der Waals surface area contributed by atoms with Crippen LogP contribution >= 0.6 is 0 Å². The van der Waals surface area contributed by atoms with Crippen molar-refractivity contribution < 1.29 is 9.53 Å². The molecule has 1 amide bonds. The third-order valence-electron chi connectivity index (χ3n) is 5.91. The minimum absolute atomic E-state index is 0.111. The molecule has 2 aromatic rings. The van der Waals surface area contributed by atoms with Crippen LogP contribution in [-0.4, -0.2) is 49.6 Å². The zero-order valence-corrected chi connectivity index (χ0v) is 15.2. The molecule has 5 rings (SSSR count). The first-order valence-electron chi connectivity index (χ1n) is 9.63. The topological polar surface area (TPSA) is 56.8 Å². The Morgan fingerprint density at radius 3 is 2.48 bits per heavy atom. The molecule has 3 unspecified atom stereocenters. The van der Waals surface area contributed by atoms with E-state index in [1.807, 2.05) is 29.2 Å². The highest BCUT2D eigenvalue weighted by molar-refractivity contribution is 5.83. The van der Waals surface area contributed by atoms with Crippen molar-refractivity contribution in [2.45, 2.75) is 12.1 Å². The maximum atomic E-state index is 13.2. The lowest BCUT2D eigenvalue weighted by atomic mass is 9.87. The van der Waals surface area contributed by atoms with Crippen LogP contribution < -0.4 is 20.5 Å². The van der Waals surface area contributed by atoms with Crippen LogP contribution in [0.2, 0.25) is 0 Å². The highest BCUT2D eigenvalue weighted by Gasteiger charge is 2.46. The van der Waals surface area contributed by atoms with Gasteiger partial charge in [0, 0.05) is 43.3 Å². The summed E-state index contributed by atoms with van der Waals surface area (Å²) < 4.78 is 5.92. The van der Waals surface area contributed by atoms with E-state index in [0.29, 0.717) is 6.61 Å². The second-order valence-corrected chi connectivity index (χ2v) is 7.40. The van der Waals surface area contributed by atoms with Crippen molar-refractivity contribution in [1.29, 1.82) is 0 Å². The molecule has 6 nitrogen and oxygen atoms in total. The van der Waals surface area contributed by atoms with Crippen molar-refractivity contribution in [3.63, 3.8) is 0 Å². The molecule has 0 radical (unpaired) electrons. The largest absolute Gasteiger partial charge is 0.493 e. The predicted molar refractivity (Wildman–Crippen MR) is 103 cm³/mol. The van der Waals surface area contributed by atoms with Crippen LogP contribution in [0.5, 0.6) is 5.75 Å². The number of hydrogen-bond acceptors (Lipinski definition) is 5. The summed E-state index contributed by atoms with van der Waals surface area (Å²) in [7, 11) is 0. The van der Waals surface area contributed by atoms with Crippen LogP contribution in [0.3, 0.4) is 0 Å². The number of benzene rings is 2. The van der Waals surface area contributed by atoms with Crippen molar-refractivity contribution in [2.24, 2.45) is 5.92 Å². The summed E-state index contributed by atoms with van der Waals surface area (Å²) in [5.74, 6) is 1.20. The number of anilines is 1. The Labute approximate surface area is 159 Å². The number of para-hydroxylation sites is 2. The smallest absolute Gasteiger partial charge is 0.241 e. The third kappa shape index (κ3) is 2.95. The Balaban J connectivity index is 1.25. The Morgan fingerprint density at radius 2 is 1.67 bits per heavy atom. The summed E-state index contributed by atoms with van der Waals surface area (Å²) in [5.41, 5.74) is 8.93. The summed E-state index contributed by atoms with van der Waals surface area (Å²) >= 11 is 0. The first kappa shape index (κ1) is 16.6. The highest BCUT2D eigenvalue weighted by atomic mass is 16.5. The van der Waals surface area contributed by atoms with Crippen LogP contribution in [0, 0.1) is 5.92 Å². The number of carbonyl (C=O) groups excluding carboxylic acids is 1. The lowest BCUT2D eigenvalue weighted by Gasteiger charge is -2.38. The standard InChI is InChI=1S/C21H24N4O2/c26-21(25-12-10-24(11-13-25)15-6-2-1-3-7-15)20-17-14-27-18-9-5-4-8-16(18)19(17)22-23-20/h1-9,17,19-20,22-23H,10-14H2. The van der Waals surface area contributed by atoms with Gasteiger partial charge >= 0.3 is 0 Å². The zero-order valence-electron chi connectivity index (χ0n) is 15.2. The number of rotatable bonds is 2. The molecule has 0 spiro atoms. The van der Waals surface area contributed by atoms with Gasteiger partial charge in [-0.25, -0.2) is 10.9 Å². The van der Waals surface area contributed by atoms with Crippen LogP contribution in [-0.2, 0) is 4.79 Å². The Hall–Kier alpha value is -2.57. The molecule has 3 aliphatic rings. The summed E-state index contributed by atoms with van der Waals surface area (Å²) in [6.07, 6.45) is 0. The SMILES string of the molecule is O=C(C1NNC2c3ccccc3OCC12)N1CCN(c2ccccc2)CC1. The van der Waals surface area contributed by atoms with Gasteiger partial charge in [-0.3, -0.25) is 4.79 Å². The maximum absolute atomic E-state index is 13.2. The molecule has 2 fully saturated rings. The Bertz CT molecular complexity index is 820. The van der Waals surface area contributed by atoms with Crippen LogP contribution in [0.15, 0.2) is 54.6 Å². The van der Waals surface area contributed by atoms with Gasteiger partial charge in [0.1, 0.15) is 11.8 Å². The molecule has 140 valence electrons. The molecule has 2 aromatic carbocycles. The van der Waals surface area contributed by atoms with E-state index in [4.69, 9.17) is 4.74 Å². The van der Waals surface area contributed by atoms with Crippen molar-refractivity contribution in [3.8, 4) is 5.75 Å². The predicted octanol–water partition coefficient (Wildman–Crippen LogP) is 1.56. The zero-order chi connectivity index (χ0) is 18.2. The van der Waals surface area contributed by atoms with Crippen LogP contribution in [0.1, 0.15) is 11.6 Å². The van der Waals surface area contributed by atoms with Crippen molar-refractivity contribution in [3.05, 3.63) is 60.2 Å². The molecular formula is C21H24N4O2. The van der Waals surface area contributed by atoms with Gasteiger partial charge in [-0.2, -0.15) is 0 Å². The number of nitrogens with zero attached hydrogens (tertiary/aromatic N) is 2. The average Bonchev–Trinajstić information content (AvgIpc) is 3.19. The van der Waals surface area contributed by atoms with Crippen molar-refractivity contribution in [2.75, 3.05) is 37.7 Å². The van der Waals surface area contributed by atoms with E-state index < -0.39 is 0 Å². The van der Waals surface area contributed by atoms with Gasteiger partial charge in [0.25, 0.3) is 0 Å². The first-order valence-corrected chi connectivity index (χ1v) is 9.63. The normalized spacial score (nSPS) is 26.9. The molecule has 3 atom stereocenters. The number of amides is 1. The van der Waals surface area contributed by atoms with Crippen molar-refractivity contribution >= 4 is 11.6 Å². The van der Waals surface area contributed by atoms with E-state index in [1.54, 1.807) is 0 Å². The van der Waals surface area contributed by atoms with E-state index in [2.05, 4.69) is 46.1 Å². The minimum atomic E-state index is -0.244. The second-order valence-electron chi connectivity index (χ2n) is 7.40. The van der Waals surface area contributed by atoms with Gasteiger partial charge < -0.3 is 14.5 Å². The van der Waals surface area contributed by atoms with Crippen molar-refractivity contribution in [1.82, 2.24) is 15.8 Å². The highest BCUT2D eigenvalue weighted by Crippen LogP contribution is 2.39. The van der Waals surface area contributed by atoms with E-state index in [0.717, 1.165) is 37.5 Å².